The van der Waals surface area contributed by atoms with Crippen molar-refractivity contribution in [1.29, 1.82) is 0 Å². The molecule has 2 aromatic carbocycles. The van der Waals surface area contributed by atoms with Crippen LogP contribution in [0.1, 0.15) is 43.1 Å². The van der Waals surface area contributed by atoms with Crippen molar-refractivity contribution >= 4 is 29.4 Å². The van der Waals surface area contributed by atoms with Crippen LogP contribution < -0.4 is 21.3 Å². The fourth-order valence-electron chi connectivity index (χ4n) is 3.39. The number of nitrogens with one attached hydrogen (secondary N) is 4. The number of carbonyl (C=O) groups excluding carboxylic acids is 4. The molecule has 3 unspecified atom stereocenters. The highest BCUT2D eigenvalue weighted by atomic mass is 16.2. The van der Waals surface area contributed by atoms with Crippen LogP contribution in [-0.4, -0.2) is 29.8 Å². The van der Waals surface area contributed by atoms with Crippen LogP contribution in [0.2, 0.25) is 0 Å². The van der Waals surface area contributed by atoms with Crippen molar-refractivity contribution in [3.8, 4) is 0 Å². The molecule has 162 valence electrons. The van der Waals surface area contributed by atoms with Crippen LogP contribution in [-0.2, 0) is 15.1 Å². The summed E-state index contributed by atoms with van der Waals surface area (Å²) in [5.74, 6) is -1.25. The SMILES string of the molecule is CCC(C)C(NC(=O)c1ccccc1)C(=O)Nc1cccc(C2(C)NC(=O)NC2=O)c1. The predicted octanol–water partition coefficient (Wildman–Crippen LogP) is 2.52. The van der Waals surface area contributed by atoms with E-state index in [0.29, 0.717) is 23.2 Å². The molecule has 0 aliphatic carbocycles. The Hall–Kier alpha value is -3.68. The van der Waals surface area contributed by atoms with E-state index in [-0.39, 0.29) is 17.7 Å². The van der Waals surface area contributed by atoms with Crippen molar-refractivity contribution in [3.05, 3.63) is 65.7 Å². The van der Waals surface area contributed by atoms with E-state index in [2.05, 4.69) is 21.3 Å². The first-order valence-electron chi connectivity index (χ1n) is 10.2. The quantitative estimate of drug-likeness (QED) is 0.513. The lowest BCUT2D eigenvalue weighted by atomic mass is 9.92. The summed E-state index contributed by atoms with van der Waals surface area (Å²) in [5, 5.41) is 10.5. The highest BCUT2D eigenvalue weighted by Gasteiger charge is 2.43. The van der Waals surface area contributed by atoms with Crippen molar-refractivity contribution < 1.29 is 19.2 Å². The first-order valence-corrected chi connectivity index (χ1v) is 10.2. The summed E-state index contributed by atoms with van der Waals surface area (Å²) in [6.07, 6.45) is 0.692. The summed E-state index contributed by atoms with van der Waals surface area (Å²) in [7, 11) is 0. The summed E-state index contributed by atoms with van der Waals surface area (Å²) < 4.78 is 0. The molecule has 1 saturated heterocycles. The van der Waals surface area contributed by atoms with Crippen LogP contribution >= 0.6 is 0 Å². The number of imide groups is 1. The standard InChI is InChI=1S/C23H26N4O4/c1-4-14(2)18(25-19(28)15-9-6-5-7-10-15)20(29)24-17-12-8-11-16(13-17)23(3)21(30)26-22(31)27-23/h5-14,18H,4H2,1-3H3,(H,24,29)(H,25,28)(H2,26,27,30,31). The fraction of sp³-hybridized carbons (Fsp3) is 0.304. The van der Waals surface area contributed by atoms with Gasteiger partial charge < -0.3 is 16.0 Å². The molecule has 0 spiro atoms. The zero-order chi connectivity index (χ0) is 22.6. The van der Waals surface area contributed by atoms with Gasteiger partial charge in [-0.1, -0.05) is 50.6 Å². The minimum atomic E-state index is -1.23. The molecular weight excluding hydrogens is 396 g/mol. The van der Waals surface area contributed by atoms with Crippen molar-refractivity contribution in [3.63, 3.8) is 0 Å². The second-order valence-electron chi connectivity index (χ2n) is 7.81. The Morgan fingerprint density at radius 1 is 1.06 bits per heavy atom. The van der Waals surface area contributed by atoms with E-state index in [1.165, 1.54) is 0 Å². The normalized spacial score (nSPS) is 19.7. The summed E-state index contributed by atoms with van der Waals surface area (Å²) in [6, 6.07) is 14.1. The van der Waals surface area contributed by atoms with Gasteiger partial charge in [0, 0.05) is 11.3 Å². The Bertz CT molecular complexity index is 1010. The molecule has 31 heavy (non-hydrogen) atoms. The molecule has 3 rings (SSSR count). The number of hydrogen-bond donors (Lipinski definition) is 4. The number of carbonyl (C=O) groups is 4. The molecule has 0 saturated carbocycles. The number of anilines is 1. The topological polar surface area (TPSA) is 116 Å². The van der Waals surface area contributed by atoms with E-state index in [0.717, 1.165) is 0 Å². The van der Waals surface area contributed by atoms with Gasteiger partial charge in [-0.25, -0.2) is 4.79 Å². The van der Waals surface area contributed by atoms with E-state index in [4.69, 9.17) is 0 Å². The molecule has 8 heteroatoms. The molecule has 1 fully saturated rings. The van der Waals surface area contributed by atoms with Gasteiger partial charge in [-0.15, -0.1) is 0 Å². The average Bonchev–Trinajstić information content (AvgIpc) is 3.04. The highest BCUT2D eigenvalue weighted by molar-refractivity contribution is 6.07. The Morgan fingerprint density at radius 3 is 2.39 bits per heavy atom. The molecule has 5 amide bonds. The van der Waals surface area contributed by atoms with E-state index in [1.807, 2.05) is 19.9 Å². The summed E-state index contributed by atoms with van der Waals surface area (Å²) in [4.78, 5) is 49.4. The second kappa shape index (κ2) is 8.99. The first kappa shape index (κ1) is 22.0. The fourth-order valence-corrected chi connectivity index (χ4v) is 3.39. The molecule has 2 aromatic rings. The number of hydrogen-bond acceptors (Lipinski definition) is 4. The number of amides is 5. The zero-order valence-electron chi connectivity index (χ0n) is 17.7. The molecule has 8 nitrogen and oxygen atoms in total. The van der Waals surface area contributed by atoms with Gasteiger partial charge in [-0.05, 0) is 42.7 Å². The molecule has 1 heterocycles. The van der Waals surface area contributed by atoms with Crippen molar-refractivity contribution in [2.75, 3.05) is 5.32 Å². The van der Waals surface area contributed by atoms with Crippen LogP contribution in [0.4, 0.5) is 10.5 Å². The van der Waals surface area contributed by atoms with Crippen LogP contribution in [0.3, 0.4) is 0 Å². The smallest absolute Gasteiger partial charge is 0.322 e. The van der Waals surface area contributed by atoms with Gasteiger partial charge in [0.15, 0.2) is 0 Å². The Labute approximate surface area is 180 Å². The van der Waals surface area contributed by atoms with Gasteiger partial charge in [0.05, 0.1) is 0 Å². The average molecular weight is 422 g/mol. The maximum Gasteiger partial charge on any atom is 0.322 e. The molecule has 1 aliphatic heterocycles. The predicted molar refractivity (Wildman–Crippen MR) is 116 cm³/mol. The van der Waals surface area contributed by atoms with Crippen LogP contribution in [0.25, 0.3) is 0 Å². The van der Waals surface area contributed by atoms with Gasteiger partial charge in [-0.2, -0.15) is 0 Å². The third-order valence-corrected chi connectivity index (χ3v) is 5.57. The minimum absolute atomic E-state index is 0.103. The van der Waals surface area contributed by atoms with Gasteiger partial charge in [0.2, 0.25) is 5.91 Å². The Morgan fingerprint density at radius 2 is 1.77 bits per heavy atom. The van der Waals surface area contributed by atoms with E-state index >= 15 is 0 Å². The lowest BCUT2D eigenvalue weighted by molar-refractivity contribution is -0.123. The zero-order valence-corrected chi connectivity index (χ0v) is 17.7. The Balaban J connectivity index is 1.78. The van der Waals surface area contributed by atoms with Gasteiger partial charge in [0.25, 0.3) is 11.8 Å². The minimum Gasteiger partial charge on any atom is -0.340 e. The van der Waals surface area contributed by atoms with Gasteiger partial charge in [-0.3, -0.25) is 19.7 Å². The van der Waals surface area contributed by atoms with Crippen LogP contribution in [0.5, 0.6) is 0 Å². The molecule has 0 radical (unpaired) electrons. The monoisotopic (exact) mass is 422 g/mol. The van der Waals surface area contributed by atoms with Gasteiger partial charge in [0.1, 0.15) is 11.6 Å². The Kier molecular flexibility index (Phi) is 6.39. The van der Waals surface area contributed by atoms with Crippen molar-refractivity contribution in [1.82, 2.24) is 16.0 Å². The first-order chi connectivity index (χ1) is 14.7. The van der Waals surface area contributed by atoms with Crippen molar-refractivity contribution in [2.24, 2.45) is 5.92 Å². The number of urea groups is 1. The summed E-state index contributed by atoms with van der Waals surface area (Å²) in [5.41, 5.74) is 0.235. The van der Waals surface area contributed by atoms with Crippen LogP contribution in [0, 0.1) is 5.92 Å². The molecule has 3 atom stereocenters. The number of benzene rings is 2. The lowest BCUT2D eigenvalue weighted by Gasteiger charge is -2.25. The summed E-state index contributed by atoms with van der Waals surface area (Å²) in [6.45, 7) is 5.43. The molecule has 0 bridgehead atoms. The molecule has 1 aliphatic rings. The van der Waals surface area contributed by atoms with E-state index in [9.17, 15) is 19.2 Å². The highest BCUT2D eigenvalue weighted by Crippen LogP contribution is 2.26. The molecule has 0 aromatic heterocycles. The van der Waals surface area contributed by atoms with Gasteiger partial charge >= 0.3 is 6.03 Å². The lowest BCUT2D eigenvalue weighted by Crippen LogP contribution is -2.47. The van der Waals surface area contributed by atoms with Crippen molar-refractivity contribution in [2.45, 2.75) is 38.8 Å². The van der Waals surface area contributed by atoms with Crippen LogP contribution in [0.15, 0.2) is 54.6 Å². The van der Waals surface area contributed by atoms with E-state index < -0.39 is 23.5 Å². The third-order valence-electron chi connectivity index (χ3n) is 5.57. The molecule has 4 N–H and O–H groups in total. The largest absolute Gasteiger partial charge is 0.340 e. The van der Waals surface area contributed by atoms with E-state index in [1.54, 1.807) is 55.5 Å². The third kappa shape index (κ3) is 4.74. The summed E-state index contributed by atoms with van der Waals surface area (Å²) >= 11 is 0. The number of rotatable bonds is 7. The maximum absolute atomic E-state index is 13.0. The second-order valence-corrected chi connectivity index (χ2v) is 7.81. The molecular formula is C23H26N4O4. The maximum atomic E-state index is 13.0.